The van der Waals surface area contributed by atoms with Crippen LogP contribution in [0.4, 0.5) is 0 Å². The summed E-state index contributed by atoms with van der Waals surface area (Å²) in [7, 11) is 9.76. The largest absolute Gasteiger partial charge is 0.379 e. The molecule has 204 valence electrons. The Morgan fingerprint density at radius 1 is 0.730 bits per heavy atom. The minimum atomic E-state index is 0.139. The molecular formula is C23H36N8S6. The topological polar surface area (TPSA) is 120 Å². The van der Waals surface area contributed by atoms with Crippen LogP contribution in [0.5, 0.6) is 0 Å². The first-order chi connectivity index (χ1) is 17.5. The van der Waals surface area contributed by atoms with E-state index >= 15 is 0 Å². The molecule has 0 spiro atoms. The number of likely N-dealkylation sites (N-methyl/N-ethyl adjacent to an activating group) is 1. The first-order valence-electron chi connectivity index (χ1n) is 11.3. The molecule has 0 radical (unpaired) electrons. The molecule has 0 aliphatic carbocycles. The Morgan fingerprint density at radius 3 is 1.65 bits per heavy atom. The van der Waals surface area contributed by atoms with Crippen LogP contribution in [0, 0.1) is 16.2 Å². The highest BCUT2D eigenvalue weighted by Gasteiger charge is 2.10. The van der Waals surface area contributed by atoms with E-state index in [0.717, 1.165) is 28.2 Å². The van der Waals surface area contributed by atoms with Gasteiger partial charge in [-0.05, 0) is 24.3 Å². The zero-order valence-electron chi connectivity index (χ0n) is 21.9. The Kier molecular flexibility index (Phi) is 14.3. The third kappa shape index (κ3) is 12.4. The van der Waals surface area contributed by atoms with Crippen molar-refractivity contribution in [1.29, 1.82) is 16.2 Å². The summed E-state index contributed by atoms with van der Waals surface area (Å²) in [5.41, 5.74) is 5.42. The van der Waals surface area contributed by atoms with Crippen LogP contribution in [0.2, 0.25) is 0 Å². The summed E-state index contributed by atoms with van der Waals surface area (Å²) in [4.78, 5) is 15.6. The molecule has 2 rings (SSSR count). The van der Waals surface area contributed by atoms with E-state index in [9.17, 15) is 0 Å². The second kappa shape index (κ2) is 16.6. The number of amidine groups is 4. The van der Waals surface area contributed by atoms with Crippen molar-refractivity contribution < 1.29 is 0 Å². The molecule has 0 saturated carbocycles. The maximum atomic E-state index is 8.40. The van der Waals surface area contributed by atoms with Crippen molar-refractivity contribution in [1.82, 2.24) is 14.7 Å². The monoisotopic (exact) mass is 616 g/mol. The lowest BCUT2D eigenvalue weighted by Gasteiger charge is -2.19. The van der Waals surface area contributed by atoms with E-state index < -0.39 is 0 Å². The molecule has 0 unspecified atom stereocenters. The molecule has 0 amide bonds. The molecule has 8 nitrogen and oxygen atoms in total. The summed E-state index contributed by atoms with van der Waals surface area (Å²) in [6.45, 7) is 1.32. The number of hydrogen-bond donors (Lipinski definition) is 4. The average Bonchev–Trinajstić information content (AvgIpc) is 3.50. The second-order valence-electron chi connectivity index (χ2n) is 8.24. The Balaban J connectivity index is 1.75. The number of thiophene rings is 2. The molecule has 0 aromatic carbocycles. The molecule has 0 fully saturated rings. The van der Waals surface area contributed by atoms with Gasteiger partial charge in [0.05, 0.1) is 6.54 Å². The standard InChI is InChI=1S/C23H36N8S6/c1-29(2)21(26)33-13-17-8-9-19(37-17)15-35-23(30(3)4)28-10-11-31(5)22(27)34-14-18-7-6-16(36-18)12-32-20(24)25/h6-9,26-27H,10-15H2,1-5H3,(H3,24,25). The van der Waals surface area contributed by atoms with E-state index in [0.29, 0.717) is 23.4 Å². The summed E-state index contributed by atoms with van der Waals surface area (Å²) < 4.78 is 0. The molecule has 0 saturated heterocycles. The van der Waals surface area contributed by atoms with Gasteiger partial charge in [0, 0.05) is 84.3 Å². The highest BCUT2D eigenvalue weighted by Crippen LogP contribution is 2.27. The number of thioether (sulfide) groups is 4. The van der Waals surface area contributed by atoms with Crippen molar-refractivity contribution in [2.45, 2.75) is 23.0 Å². The predicted octanol–water partition coefficient (Wildman–Crippen LogP) is 5.62. The van der Waals surface area contributed by atoms with E-state index in [-0.39, 0.29) is 5.17 Å². The number of hydrogen-bond acceptors (Lipinski definition) is 10. The Labute approximate surface area is 245 Å². The van der Waals surface area contributed by atoms with E-state index in [1.807, 2.05) is 49.9 Å². The molecule has 0 aliphatic rings. The molecule has 0 bridgehead atoms. The quantitative estimate of drug-likeness (QED) is 0.190. The SMILES string of the molecule is CN(C)C(=N)SCc1ccc(CSC(=NCCN(C)C(=N)SCc2ccc(CSC(=N)N)s2)N(C)C)s1. The average molecular weight is 617 g/mol. The first-order valence-corrected chi connectivity index (χ1v) is 16.9. The predicted molar refractivity (Wildman–Crippen MR) is 173 cm³/mol. The van der Waals surface area contributed by atoms with E-state index in [1.54, 1.807) is 46.2 Å². The van der Waals surface area contributed by atoms with Gasteiger partial charge >= 0.3 is 0 Å². The molecule has 2 aromatic heterocycles. The third-order valence-corrected chi connectivity index (χ3v) is 11.7. The second-order valence-corrected chi connectivity index (χ2v) is 14.6. The molecule has 14 heteroatoms. The smallest absolute Gasteiger partial charge is 0.159 e. The van der Waals surface area contributed by atoms with Gasteiger partial charge in [-0.3, -0.25) is 21.2 Å². The fourth-order valence-corrected chi connectivity index (χ4v) is 8.06. The molecule has 37 heavy (non-hydrogen) atoms. The summed E-state index contributed by atoms with van der Waals surface area (Å²) in [6.07, 6.45) is 0. The molecule has 2 heterocycles. The lowest BCUT2D eigenvalue weighted by Crippen LogP contribution is -2.27. The zero-order chi connectivity index (χ0) is 27.4. The third-order valence-electron chi connectivity index (χ3n) is 4.67. The van der Waals surface area contributed by atoms with Gasteiger partial charge in [0.1, 0.15) is 0 Å². The lowest BCUT2D eigenvalue weighted by molar-refractivity contribution is 0.520. The summed E-state index contributed by atoms with van der Waals surface area (Å²) in [6, 6.07) is 8.50. The number of nitrogens with two attached hydrogens (primary N) is 1. The zero-order valence-corrected chi connectivity index (χ0v) is 26.8. The van der Waals surface area contributed by atoms with Gasteiger partial charge in [-0.25, -0.2) is 0 Å². The van der Waals surface area contributed by atoms with Crippen molar-refractivity contribution in [3.63, 3.8) is 0 Å². The van der Waals surface area contributed by atoms with Crippen LogP contribution in [-0.2, 0) is 23.0 Å². The molecular weight excluding hydrogens is 581 g/mol. The molecule has 2 aromatic rings. The lowest BCUT2D eigenvalue weighted by atomic mass is 10.5. The van der Waals surface area contributed by atoms with Crippen LogP contribution >= 0.6 is 69.7 Å². The van der Waals surface area contributed by atoms with Crippen molar-refractivity contribution in [2.24, 2.45) is 10.7 Å². The Bertz CT molecular complexity index is 1060. The minimum absolute atomic E-state index is 0.139. The van der Waals surface area contributed by atoms with Crippen LogP contribution in [-0.4, -0.2) is 83.7 Å². The summed E-state index contributed by atoms with van der Waals surface area (Å²) in [5, 5.41) is 25.9. The normalized spacial score (nSPS) is 11.4. The van der Waals surface area contributed by atoms with E-state index in [1.165, 1.54) is 43.0 Å². The number of aliphatic imine (C=N–C) groups is 1. The maximum absolute atomic E-state index is 8.40. The van der Waals surface area contributed by atoms with Gasteiger partial charge in [0.15, 0.2) is 20.7 Å². The van der Waals surface area contributed by atoms with Crippen LogP contribution in [0.15, 0.2) is 29.3 Å². The van der Waals surface area contributed by atoms with Crippen LogP contribution < -0.4 is 5.73 Å². The fraction of sp³-hybridized carbons (Fsp3) is 0.478. The van der Waals surface area contributed by atoms with Gasteiger partial charge in [0.2, 0.25) is 0 Å². The van der Waals surface area contributed by atoms with Crippen molar-refractivity contribution >= 4 is 90.4 Å². The van der Waals surface area contributed by atoms with Crippen molar-refractivity contribution in [3.05, 3.63) is 43.8 Å². The van der Waals surface area contributed by atoms with Gasteiger partial charge in [-0.15, -0.1) is 22.7 Å². The van der Waals surface area contributed by atoms with Gasteiger partial charge in [-0.1, -0.05) is 47.0 Å². The van der Waals surface area contributed by atoms with Crippen molar-refractivity contribution in [2.75, 3.05) is 48.3 Å². The maximum Gasteiger partial charge on any atom is 0.159 e. The molecule has 0 aliphatic heterocycles. The Morgan fingerprint density at radius 2 is 1.19 bits per heavy atom. The number of nitrogens with one attached hydrogen (secondary N) is 3. The molecule has 0 atom stereocenters. The molecule has 5 N–H and O–H groups in total. The summed E-state index contributed by atoms with van der Waals surface area (Å²) >= 11 is 9.65. The van der Waals surface area contributed by atoms with Gasteiger partial charge in [0.25, 0.3) is 0 Å². The minimum Gasteiger partial charge on any atom is -0.379 e. The Hall–Kier alpha value is -1.32. The first kappa shape index (κ1) is 31.9. The van der Waals surface area contributed by atoms with Crippen LogP contribution in [0.3, 0.4) is 0 Å². The van der Waals surface area contributed by atoms with Crippen LogP contribution in [0.25, 0.3) is 0 Å². The fourth-order valence-electron chi connectivity index (χ4n) is 2.67. The number of rotatable bonds is 11. The van der Waals surface area contributed by atoms with E-state index in [2.05, 4.69) is 24.3 Å². The highest BCUT2D eigenvalue weighted by molar-refractivity contribution is 8.14. The highest BCUT2D eigenvalue weighted by atomic mass is 32.2. The van der Waals surface area contributed by atoms with Crippen molar-refractivity contribution in [3.8, 4) is 0 Å². The van der Waals surface area contributed by atoms with E-state index in [4.69, 9.17) is 27.0 Å². The van der Waals surface area contributed by atoms with Crippen LogP contribution in [0.1, 0.15) is 19.5 Å². The van der Waals surface area contributed by atoms with Gasteiger partial charge < -0.3 is 20.4 Å². The van der Waals surface area contributed by atoms with Gasteiger partial charge in [-0.2, -0.15) is 0 Å². The number of nitrogens with zero attached hydrogens (tertiary/aromatic N) is 4. The summed E-state index contributed by atoms with van der Waals surface area (Å²) in [5.74, 6) is 3.18.